The molecule has 0 spiro atoms. The first-order chi connectivity index (χ1) is 45.4. The van der Waals surface area contributed by atoms with Crippen molar-refractivity contribution in [3.8, 4) is 0 Å². The molecule has 0 aromatic carbocycles. The highest BCUT2D eigenvalue weighted by Gasteiger charge is 2.30. The van der Waals surface area contributed by atoms with Crippen LogP contribution in [0.4, 0.5) is 0 Å². The molecule has 0 bridgehead atoms. The van der Waals surface area contributed by atoms with Gasteiger partial charge in [0, 0.05) is 25.7 Å². The number of rotatable bonds is 74. The minimum Gasteiger partial charge on any atom is -0.462 e. The van der Waals surface area contributed by atoms with Crippen LogP contribution in [0.15, 0.2) is 0 Å². The van der Waals surface area contributed by atoms with Crippen LogP contribution in [0, 0.1) is 11.8 Å². The average Bonchev–Trinajstić information content (AvgIpc) is 2.13. The van der Waals surface area contributed by atoms with E-state index in [1.54, 1.807) is 0 Å². The number of phosphoric acid groups is 2. The third-order valence-electron chi connectivity index (χ3n) is 17.8. The second kappa shape index (κ2) is 66.9. The van der Waals surface area contributed by atoms with Crippen molar-refractivity contribution in [2.45, 2.75) is 407 Å². The molecule has 0 amide bonds. The van der Waals surface area contributed by atoms with E-state index in [1.165, 1.54) is 199 Å². The third kappa shape index (κ3) is 67.3. The molecule has 558 valence electrons. The summed E-state index contributed by atoms with van der Waals surface area (Å²) in [5, 5.41) is 10.6. The zero-order chi connectivity index (χ0) is 69.3. The lowest BCUT2D eigenvalue weighted by molar-refractivity contribution is -0.161. The smallest absolute Gasteiger partial charge is 0.462 e. The second-order valence-corrected chi connectivity index (χ2v) is 30.7. The number of carbonyl (C=O) groups is 4. The molecular weight excluding hydrogens is 1230 g/mol. The normalized spacial score (nSPS) is 14.3. The molecule has 0 heterocycles. The Bertz CT molecular complexity index is 1820. The Morgan fingerprint density at radius 2 is 0.543 bits per heavy atom. The van der Waals surface area contributed by atoms with Crippen LogP contribution in [-0.2, 0) is 65.4 Å². The summed E-state index contributed by atoms with van der Waals surface area (Å²) in [6, 6.07) is 0. The lowest BCUT2D eigenvalue weighted by Gasteiger charge is -2.21. The SMILES string of the molecule is CCCCCCCCCCCCCCCCC(=O)OC[C@H](COP(=O)(O)OC[C@@H](O)COP(=O)(O)OC[C@@H](COC(=O)CCCCCCCCCC(C)C)OC(=O)CCCCCCCCCCCCCC)OC(=O)CCCCCCCCCCCCCCCCC(C)CC. The van der Waals surface area contributed by atoms with E-state index in [1.807, 2.05) is 0 Å². The van der Waals surface area contributed by atoms with E-state index in [9.17, 15) is 43.2 Å². The molecule has 19 heteroatoms. The van der Waals surface area contributed by atoms with Gasteiger partial charge in [-0.25, -0.2) is 9.13 Å². The maximum Gasteiger partial charge on any atom is 0.472 e. The summed E-state index contributed by atoms with van der Waals surface area (Å²) in [6.45, 7) is 9.59. The van der Waals surface area contributed by atoms with Crippen LogP contribution in [-0.4, -0.2) is 96.7 Å². The van der Waals surface area contributed by atoms with Crippen molar-refractivity contribution < 1.29 is 80.2 Å². The van der Waals surface area contributed by atoms with Gasteiger partial charge in [-0.2, -0.15) is 0 Å². The van der Waals surface area contributed by atoms with Crippen molar-refractivity contribution in [3.63, 3.8) is 0 Å². The van der Waals surface area contributed by atoms with E-state index in [2.05, 4.69) is 41.5 Å². The highest BCUT2D eigenvalue weighted by molar-refractivity contribution is 7.47. The van der Waals surface area contributed by atoms with E-state index in [4.69, 9.17) is 37.0 Å². The molecule has 0 radical (unpaired) electrons. The minimum absolute atomic E-state index is 0.107. The van der Waals surface area contributed by atoms with Crippen LogP contribution >= 0.6 is 15.6 Å². The van der Waals surface area contributed by atoms with Crippen molar-refractivity contribution in [1.29, 1.82) is 0 Å². The van der Waals surface area contributed by atoms with Gasteiger partial charge in [0.05, 0.1) is 26.4 Å². The Morgan fingerprint density at radius 3 is 0.809 bits per heavy atom. The van der Waals surface area contributed by atoms with E-state index < -0.39 is 97.5 Å². The van der Waals surface area contributed by atoms with Crippen LogP contribution in [0.5, 0.6) is 0 Å². The molecule has 3 unspecified atom stereocenters. The third-order valence-corrected chi connectivity index (χ3v) is 19.7. The number of hydrogen-bond acceptors (Lipinski definition) is 15. The number of esters is 4. The van der Waals surface area contributed by atoms with Gasteiger partial charge in [-0.1, -0.05) is 337 Å². The molecule has 0 aromatic rings. The van der Waals surface area contributed by atoms with Crippen molar-refractivity contribution in [2.75, 3.05) is 39.6 Å². The fourth-order valence-corrected chi connectivity index (χ4v) is 13.0. The van der Waals surface area contributed by atoms with Crippen molar-refractivity contribution in [2.24, 2.45) is 11.8 Å². The summed E-state index contributed by atoms with van der Waals surface area (Å²) < 4.78 is 68.5. The Morgan fingerprint density at radius 1 is 0.309 bits per heavy atom. The highest BCUT2D eigenvalue weighted by Crippen LogP contribution is 2.45. The lowest BCUT2D eigenvalue weighted by Crippen LogP contribution is -2.30. The standard InChI is InChI=1S/C75H146O17P2/c1-7-10-12-14-16-18-20-22-26-30-33-39-45-51-57-72(77)85-63-70(91-75(80)60-54-48-41-35-31-27-24-23-25-28-32-38-44-50-56-68(6)9-3)65-89-93(81,82)87-61-69(76)62-88-94(83,84)90-66-71(64-86-73(78)58-52-46-42-36-37-43-49-55-67(4)5)92-74(79)59-53-47-40-34-29-21-19-17-15-13-11-8-2/h67-71,76H,7-66H2,1-6H3,(H,81,82)(H,83,84)/t68?,69-,70-,71-/m1/s1. The van der Waals surface area contributed by atoms with E-state index in [-0.39, 0.29) is 25.7 Å². The van der Waals surface area contributed by atoms with Gasteiger partial charge >= 0.3 is 39.5 Å². The van der Waals surface area contributed by atoms with Crippen LogP contribution in [0.1, 0.15) is 388 Å². The minimum atomic E-state index is -4.96. The van der Waals surface area contributed by atoms with Gasteiger partial charge in [-0.3, -0.25) is 37.3 Å². The Balaban J connectivity index is 5.24. The van der Waals surface area contributed by atoms with Crippen LogP contribution in [0.3, 0.4) is 0 Å². The van der Waals surface area contributed by atoms with Crippen molar-refractivity contribution in [1.82, 2.24) is 0 Å². The molecule has 94 heavy (non-hydrogen) atoms. The summed E-state index contributed by atoms with van der Waals surface area (Å²) >= 11 is 0. The van der Waals surface area contributed by atoms with Crippen molar-refractivity contribution in [3.05, 3.63) is 0 Å². The average molecular weight is 1380 g/mol. The summed E-state index contributed by atoms with van der Waals surface area (Å²) in [5.74, 6) is -0.565. The monoisotopic (exact) mass is 1380 g/mol. The molecule has 0 aliphatic rings. The molecule has 0 aliphatic carbocycles. The first-order valence-electron chi connectivity index (χ1n) is 39.0. The summed E-state index contributed by atoms with van der Waals surface area (Å²) in [4.78, 5) is 72.7. The van der Waals surface area contributed by atoms with E-state index in [0.717, 1.165) is 102 Å². The highest BCUT2D eigenvalue weighted by atomic mass is 31.2. The predicted octanol–water partition coefficient (Wildman–Crippen LogP) is 21.9. The second-order valence-electron chi connectivity index (χ2n) is 27.8. The molecular formula is C75H146O17P2. The first-order valence-corrected chi connectivity index (χ1v) is 42.0. The number of unbranched alkanes of at least 4 members (excludes halogenated alkanes) is 43. The molecule has 0 aromatic heterocycles. The maximum absolute atomic E-state index is 13.1. The van der Waals surface area contributed by atoms with Gasteiger partial charge in [0.25, 0.3) is 0 Å². The maximum atomic E-state index is 13.1. The molecule has 3 N–H and O–H groups in total. The van der Waals surface area contributed by atoms with Gasteiger partial charge in [0.1, 0.15) is 19.3 Å². The number of aliphatic hydroxyl groups excluding tert-OH is 1. The van der Waals surface area contributed by atoms with Crippen molar-refractivity contribution >= 4 is 39.5 Å². The van der Waals surface area contributed by atoms with Gasteiger partial charge in [0.2, 0.25) is 0 Å². The molecule has 0 aliphatic heterocycles. The van der Waals surface area contributed by atoms with Gasteiger partial charge in [-0.15, -0.1) is 0 Å². The zero-order valence-electron chi connectivity index (χ0n) is 61.3. The lowest BCUT2D eigenvalue weighted by atomic mass is 9.99. The molecule has 0 rings (SSSR count). The number of aliphatic hydroxyl groups is 1. The molecule has 6 atom stereocenters. The molecule has 17 nitrogen and oxygen atoms in total. The van der Waals surface area contributed by atoms with Crippen LogP contribution in [0.2, 0.25) is 0 Å². The van der Waals surface area contributed by atoms with Gasteiger partial charge in [0.15, 0.2) is 12.2 Å². The number of hydrogen-bond donors (Lipinski definition) is 3. The molecule has 0 saturated carbocycles. The fraction of sp³-hybridized carbons (Fsp3) is 0.947. The van der Waals surface area contributed by atoms with Gasteiger partial charge < -0.3 is 33.8 Å². The predicted molar refractivity (Wildman–Crippen MR) is 381 cm³/mol. The number of phosphoric ester groups is 2. The van der Waals surface area contributed by atoms with E-state index >= 15 is 0 Å². The van der Waals surface area contributed by atoms with Crippen LogP contribution in [0.25, 0.3) is 0 Å². The summed E-state index contributed by atoms with van der Waals surface area (Å²) in [5.41, 5.74) is 0. The molecule has 0 saturated heterocycles. The Kier molecular flexibility index (Phi) is 65.5. The van der Waals surface area contributed by atoms with Gasteiger partial charge in [-0.05, 0) is 37.5 Å². The summed E-state index contributed by atoms with van der Waals surface area (Å²) in [7, 11) is -9.91. The zero-order valence-corrected chi connectivity index (χ0v) is 63.1. The fourth-order valence-electron chi connectivity index (χ4n) is 11.4. The largest absolute Gasteiger partial charge is 0.472 e. The Hall–Kier alpha value is -1.94. The summed E-state index contributed by atoms with van der Waals surface area (Å²) in [6.07, 6.45) is 54.0. The first kappa shape index (κ1) is 92.1. The Labute approximate surface area is 575 Å². The van der Waals surface area contributed by atoms with Crippen LogP contribution < -0.4 is 0 Å². The topological polar surface area (TPSA) is 237 Å². The quantitative estimate of drug-likeness (QED) is 0.0222. The van der Waals surface area contributed by atoms with E-state index in [0.29, 0.717) is 31.6 Å². The number of carbonyl (C=O) groups excluding carboxylic acids is 4. The molecule has 0 fully saturated rings. The number of ether oxygens (including phenoxy) is 4.